The van der Waals surface area contributed by atoms with Gasteiger partial charge in [-0.05, 0) is 36.3 Å². The number of hydrogen-bond donors (Lipinski definition) is 0. The zero-order valence-corrected chi connectivity index (χ0v) is 14.0. The normalized spacial score (nSPS) is 24.0. The van der Waals surface area contributed by atoms with Gasteiger partial charge in [0.25, 0.3) is 0 Å². The monoisotopic (exact) mass is 394 g/mol. The first-order valence-corrected chi connectivity index (χ1v) is 9.75. The Kier molecular flexibility index (Phi) is 4.89. The Balaban J connectivity index is 2.09. The number of alkyl halides is 1. The van der Waals surface area contributed by atoms with E-state index >= 15 is 0 Å². The highest BCUT2D eigenvalue weighted by molar-refractivity contribution is 9.10. The van der Waals surface area contributed by atoms with Gasteiger partial charge in [-0.2, -0.15) is 0 Å². The van der Waals surface area contributed by atoms with E-state index in [0.717, 1.165) is 22.6 Å². The van der Waals surface area contributed by atoms with Gasteiger partial charge in [0.1, 0.15) is 0 Å². The number of halogens is 2. The molecule has 0 aromatic heterocycles. The fraction of sp³-hybridized carbons (Fsp3) is 0.538. The molecule has 1 fully saturated rings. The van der Waals surface area contributed by atoms with Crippen LogP contribution >= 0.6 is 31.9 Å². The van der Waals surface area contributed by atoms with Crippen molar-refractivity contribution < 1.29 is 8.42 Å². The summed E-state index contributed by atoms with van der Waals surface area (Å²) in [5, 5.41) is 0.856. The highest BCUT2D eigenvalue weighted by Gasteiger charge is 2.33. The maximum absolute atomic E-state index is 11.6. The van der Waals surface area contributed by atoms with Crippen LogP contribution in [0.1, 0.15) is 12.0 Å². The zero-order chi connectivity index (χ0) is 13.2. The quantitative estimate of drug-likeness (QED) is 0.731. The summed E-state index contributed by atoms with van der Waals surface area (Å²) in [6, 6.07) is 8.16. The maximum Gasteiger partial charge on any atom is 0.150 e. The first-order chi connectivity index (χ1) is 8.52. The molecule has 0 spiro atoms. The lowest BCUT2D eigenvalue weighted by atomic mass is 9.88. The standard InChI is InChI=1S/C13H16Br2O2S/c14-8-12(11-5-6-18(16,17)9-11)7-10-3-1-2-4-13(10)15/h1-4,11-12H,5-9H2. The summed E-state index contributed by atoms with van der Waals surface area (Å²) in [7, 11) is -2.79. The second-order valence-electron chi connectivity index (χ2n) is 4.87. The summed E-state index contributed by atoms with van der Waals surface area (Å²) >= 11 is 7.09. The van der Waals surface area contributed by atoms with Gasteiger partial charge >= 0.3 is 0 Å². The van der Waals surface area contributed by atoms with Crippen molar-refractivity contribution in [2.75, 3.05) is 16.8 Å². The molecule has 0 bridgehead atoms. The molecule has 1 aromatic rings. The van der Waals surface area contributed by atoms with Crippen molar-refractivity contribution in [1.29, 1.82) is 0 Å². The summed E-state index contributed by atoms with van der Waals surface area (Å²) in [5.74, 6) is 1.40. The number of rotatable bonds is 4. The van der Waals surface area contributed by atoms with Gasteiger partial charge < -0.3 is 0 Å². The van der Waals surface area contributed by atoms with Crippen molar-refractivity contribution in [2.45, 2.75) is 12.8 Å². The van der Waals surface area contributed by atoms with Crippen LogP contribution in [0, 0.1) is 11.8 Å². The second-order valence-corrected chi connectivity index (χ2v) is 8.60. The smallest absolute Gasteiger partial charge is 0.150 e. The van der Waals surface area contributed by atoms with Gasteiger partial charge in [0.05, 0.1) is 11.5 Å². The third-order valence-corrected chi connectivity index (χ3v) is 6.97. The molecule has 0 amide bonds. The van der Waals surface area contributed by atoms with Crippen LogP contribution in [0.4, 0.5) is 0 Å². The van der Waals surface area contributed by atoms with E-state index in [1.54, 1.807) is 0 Å². The molecule has 1 aliphatic heterocycles. The first kappa shape index (κ1) is 14.5. The average Bonchev–Trinajstić information content (AvgIpc) is 2.68. The largest absolute Gasteiger partial charge is 0.229 e. The molecular formula is C13H16Br2O2S. The zero-order valence-electron chi connectivity index (χ0n) is 9.98. The minimum absolute atomic E-state index is 0.293. The van der Waals surface area contributed by atoms with Crippen LogP contribution in [-0.4, -0.2) is 25.3 Å². The Hall–Kier alpha value is 0.130. The molecule has 0 N–H and O–H groups in total. The highest BCUT2D eigenvalue weighted by atomic mass is 79.9. The van der Waals surface area contributed by atoms with E-state index in [0.29, 0.717) is 23.3 Å². The van der Waals surface area contributed by atoms with Gasteiger partial charge in [-0.25, -0.2) is 8.42 Å². The minimum atomic E-state index is -2.79. The van der Waals surface area contributed by atoms with Crippen LogP contribution in [0.2, 0.25) is 0 Å². The second kappa shape index (κ2) is 6.06. The van der Waals surface area contributed by atoms with Gasteiger partial charge in [-0.15, -0.1) is 0 Å². The van der Waals surface area contributed by atoms with E-state index in [1.807, 2.05) is 18.2 Å². The number of hydrogen-bond acceptors (Lipinski definition) is 2. The predicted molar refractivity (Wildman–Crippen MR) is 81.9 cm³/mol. The molecule has 0 aliphatic carbocycles. The van der Waals surface area contributed by atoms with Crippen molar-refractivity contribution in [3.05, 3.63) is 34.3 Å². The molecule has 1 aliphatic rings. The Morgan fingerprint density at radius 2 is 2.06 bits per heavy atom. The van der Waals surface area contributed by atoms with Crippen molar-refractivity contribution >= 4 is 41.7 Å². The molecule has 2 rings (SSSR count). The van der Waals surface area contributed by atoms with E-state index in [4.69, 9.17) is 0 Å². The van der Waals surface area contributed by atoms with Crippen LogP contribution in [0.3, 0.4) is 0 Å². The van der Waals surface area contributed by atoms with Crippen LogP contribution in [0.15, 0.2) is 28.7 Å². The molecule has 18 heavy (non-hydrogen) atoms. The molecule has 1 aromatic carbocycles. The highest BCUT2D eigenvalue weighted by Crippen LogP contribution is 2.31. The Bertz CT molecular complexity index is 513. The lowest BCUT2D eigenvalue weighted by Crippen LogP contribution is -2.20. The van der Waals surface area contributed by atoms with Gasteiger partial charge in [0.2, 0.25) is 0 Å². The van der Waals surface area contributed by atoms with Crippen molar-refractivity contribution in [3.8, 4) is 0 Å². The fourth-order valence-electron chi connectivity index (χ4n) is 2.49. The molecule has 2 atom stereocenters. The summed E-state index contributed by atoms with van der Waals surface area (Å²) in [6.45, 7) is 0. The van der Waals surface area contributed by atoms with Gasteiger partial charge in [-0.1, -0.05) is 50.1 Å². The van der Waals surface area contributed by atoms with Crippen molar-refractivity contribution in [3.63, 3.8) is 0 Å². The lowest BCUT2D eigenvalue weighted by Gasteiger charge is -2.20. The molecule has 5 heteroatoms. The Morgan fingerprint density at radius 1 is 1.33 bits per heavy atom. The topological polar surface area (TPSA) is 34.1 Å². The first-order valence-electron chi connectivity index (χ1n) is 6.01. The lowest BCUT2D eigenvalue weighted by molar-refractivity contribution is 0.401. The SMILES string of the molecule is O=S1(=O)CCC(C(CBr)Cc2ccccc2Br)C1. The summed E-state index contributed by atoms with van der Waals surface area (Å²) in [5.41, 5.74) is 1.26. The molecule has 1 heterocycles. The van der Waals surface area contributed by atoms with Crippen LogP contribution < -0.4 is 0 Å². The van der Waals surface area contributed by atoms with E-state index in [-0.39, 0.29) is 0 Å². The molecule has 2 unspecified atom stereocenters. The molecular weight excluding hydrogens is 380 g/mol. The van der Waals surface area contributed by atoms with E-state index in [1.165, 1.54) is 5.56 Å². The molecule has 1 saturated heterocycles. The van der Waals surface area contributed by atoms with E-state index < -0.39 is 9.84 Å². The van der Waals surface area contributed by atoms with Crippen molar-refractivity contribution in [2.24, 2.45) is 11.8 Å². The van der Waals surface area contributed by atoms with E-state index in [9.17, 15) is 8.42 Å². The maximum atomic E-state index is 11.6. The van der Waals surface area contributed by atoms with E-state index in [2.05, 4.69) is 37.9 Å². The van der Waals surface area contributed by atoms with Crippen LogP contribution in [0.25, 0.3) is 0 Å². The molecule has 2 nitrogen and oxygen atoms in total. The van der Waals surface area contributed by atoms with Crippen LogP contribution in [-0.2, 0) is 16.3 Å². The predicted octanol–water partition coefficient (Wildman–Crippen LogP) is 3.44. The van der Waals surface area contributed by atoms with Crippen LogP contribution in [0.5, 0.6) is 0 Å². The molecule has 0 saturated carbocycles. The molecule has 100 valence electrons. The van der Waals surface area contributed by atoms with Gasteiger partial charge in [0.15, 0.2) is 9.84 Å². The van der Waals surface area contributed by atoms with Crippen molar-refractivity contribution in [1.82, 2.24) is 0 Å². The number of sulfone groups is 1. The third kappa shape index (κ3) is 3.58. The van der Waals surface area contributed by atoms with Gasteiger partial charge in [-0.3, -0.25) is 0 Å². The minimum Gasteiger partial charge on any atom is -0.229 e. The summed E-state index contributed by atoms with van der Waals surface area (Å²) < 4.78 is 24.2. The number of benzene rings is 1. The Morgan fingerprint density at radius 3 is 2.61 bits per heavy atom. The Labute approximate surface area is 125 Å². The van der Waals surface area contributed by atoms with Gasteiger partial charge in [0, 0.05) is 9.80 Å². The summed E-state index contributed by atoms with van der Waals surface area (Å²) in [6.07, 6.45) is 1.73. The fourth-order valence-corrected chi connectivity index (χ4v) is 5.61. The summed E-state index contributed by atoms with van der Waals surface area (Å²) in [4.78, 5) is 0. The average molecular weight is 396 g/mol. The molecule has 0 radical (unpaired) electrons. The third-order valence-electron chi connectivity index (χ3n) is 3.57.